The average Bonchev–Trinajstić information content (AvgIpc) is 3.25. The van der Waals surface area contributed by atoms with E-state index in [1.54, 1.807) is 22.7 Å². The van der Waals surface area contributed by atoms with Crippen molar-refractivity contribution in [2.24, 2.45) is 0 Å². The van der Waals surface area contributed by atoms with Gasteiger partial charge in [-0.3, -0.25) is 4.79 Å². The minimum absolute atomic E-state index is 0.146. The summed E-state index contributed by atoms with van der Waals surface area (Å²) in [6.45, 7) is 2.89. The van der Waals surface area contributed by atoms with Gasteiger partial charge in [0.2, 0.25) is 5.91 Å². The van der Waals surface area contributed by atoms with Crippen LogP contribution in [0.15, 0.2) is 40.4 Å². The highest BCUT2D eigenvalue weighted by atomic mass is 32.1. The smallest absolute Gasteiger partial charge is 0.233 e. The maximum absolute atomic E-state index is 12.9. The second kappa shape index (κ2) is 6.49. The van der Waals surface area contributed by atoms with Gasteiger partial charge in [0.05, 0.1) is 12.1 Å². The molecule has 1 amide bonds. The SMILES string of the molecule is Cc1cccc2c1N(C(=O)Cc1csc(-c3ccsc3)n1)CCC2. The summed E-state index contributed by atoms with van der Waals surface area (Å²) in [6, 6.07) is 8.37. The zero-order chi connectivity index (χ0) is 16.5. The van der Waals surface area contributed by atoms with Crippen molar-refractivity contribution in [1.29, 1.82) is 0 Å². The molecule has 0 saturated heterocycles. The van der Waals surface area contributed by atoms with Gasteiger partial charge in [0.1, 0.15) is 5.01 Å². The Hall–Kier alpha value is -1.98. The summed E-state index contributed by atoms with van der Waals surface area (Å²) in [4.78, 5) is 19.5. The van der Waals surface area contributed by atoms with Crippen molar-refractivity contribution in [3.05, 3.63) is 57.2 Å². The normalized spacial score (nSPS) is 13.8. The molecule has 1 aliphatic rings. The zero-order valence-corrected chi connectivity index (χ0v) is 15.1. The van der Waals surface area contributed by atoms with E-state index in [0.29, 0.717) is 6.42 Å². The maximum atomic E-state index is 12.9. The van der Waals surface area contributed by atoms with E-state index in [9.17, 15) is 4.79 Å². The van der Waals surface area contributed by atoms with Gasteiger partial charge in [-0.1, -0.05) is 18.2 Å². The number of thiophene rings is 1. The van der Waals surface area contributed by atoms with Crippen molar-refractivity contribution in [3.63, 3.8) is 0 Å². The number of hydrogen-bond acceptors (Lipinski definition) is 4. The van der Waals surface area contributed by atoms with Gasteiger partial charge in [-0.15, -0.1) is 11.3 Å². The third-order valence-electron chi connectivity index (χ3n) is 4.37. The predicted molar refractivity (Wildman–Crippen MR) is 101 cm³/mol. The van der Waals surface area contributed by atoms with Crippen LogP contribution < -0.4 is 4.90 Å². The summed E-state index contributed by atoms with van der Waals surface area (Å²) in [5, 5.41) is 7.14. The Bertz CT molecular complexity index is 867. The number of aromatic nitrogens is 1. The molecule has 1 aliphatic heterocycles. The van der Waals surface area contributed by atoms with Crippen molar-refractivity contribution in [3.8, 4) is 10.6 Å². The number of para-hydroxylation sites is 1. The number of rotatable bonds is 3. The van der Waals surface area contributed by atoms with Crippen LogP contribution in [0.1, 0.15) is 23.2 Å². The number of nitrogens with zero attached hydrogens (tertiary/aromatic N) is 2. The standard InChI is InChI=1S/C19H18N2OS2/c1-13-4-2-5-14-6-3-8-21(18(13)14)17(22)10-16-12-24-19(20-16)15-7-9-23-11-15/h2,4-5,7,9,11-12H,3,6,8,10H2,1H3. The quantitative estimate of drug-likeness (QED) is 0.683. The van der Waals surface area contributed by atoms with E-state index < -0.39 is 0 Å². The number of hydrogen-bond donors (Lipinski definition) is 0. The lowest BCUT2D eigenvalue weighted by molar-refractivity contribution is -0.118. The number of benzene rings is 1. The first kappa shape index (κ1) is 15.5. The Morgan fingerprint density at radius 2 is 2.21 bits per heavy atom. The van der Waals surface area contributed by atoms with Crippen LogP contribution in [0.3, 0.4) is 0 Å². The van der Waals surface area contributed by atoms with Crippen molar-refractivity contribution in [2.75, 3.05) is 11.4 Å². The molecule has 0 radical (unpaired) electrons. The number of amides is 1. The van der Waals surface area contributed by atoms with E-state index in [0.717, 1.165) is 41.3 Å². The molecule has 0 N–H and O–H groups in total. The van der Waals surface area contributed by atoms with Gasteiger partial charge in [-0.25, -0.2) is 4.98 Å². The van der Waals surface area contributed by atoms with Crippen molar-refractivity contribution in [1.82, 2.24) is 4.98 Å². The predicted octanol–water partition coefficient (Wildman–Crippen LogP) is 4.70. The van der Waals surface area contributed by atoms with Crippen molar-refractivity contribution in [2.45, 2.75) is 26.2 Å². The summed E-state index contributed by atoms with van der Waals surface area (Å²) in [5.41, 5.74) is 5.58. The van der Waals surface area contributed by atoms with Crippen LogP contribution in [0.5, 0.6) is 0 Å². The topological polar surface area (TPSA) is 33.2 Å². The minimum Gasteiger partial charge on any atom is -0.312 e. The molecular weight excluding hydrogens is 336 g/mol. The highest BCUT2D eigenvalue weighted by Gasteiger charge is 2.24. The Balaban J connectivity index is 1.56. The largest absolute Gasteiger partial charge is 0.312 e. The van der Waals surface area contributed by atoms with Gasteiger partial charge in [-0.2, -0.15) is 11.3 Å². The maximum Gasteiger partial charge on any atom is 0.233 e. The number of aryl methyl sites for hydroxylation is 2. The van der Waals surface area contributed by atoms with Gasteiger partial charge in [-0.05, 0) is 42.3 Å². The molecule has 0 unspecified atom stereocenters. The summed E-state index contributed by atoms with van der Waals surface area (Å²) in [7, 11) is 0. The first-order chi connectivity index (χ1) is 11.7. The van der Waals surface area contributed by atoms with Crippen LogP contribution in [-0.4, -0.2) is 17.4 Å². The number of carbonyl (C=O) groups excluding carboxylic acids is 1. The molecule has 2 aromatic heterocycles. The molecule has 3 heterocycles. The Labute approximate surface area is 149 Å². The second-order valence-corrected chi connectivity index (χ2v) is 7.70. The summed E-state index contributed by atoms with van der Waals surface area (Å²) in [6.07, 6.45) is 2.45. The summed E-state index contributed by atoms with van der Waals surface area (Å²) >= 11 is 3.28. The first-order valence-corrected chi connectivity index (χ1v) is 9.90. The van der Waals surface area contributed by atoms with Crippen LogP contribution in [0.2, 0.25) is 0 Å². The number of fused-ring (bicyclic) bond motifs is 1. The lowest BCUT2D eigenvalue weighted by Crippen LogP contribution is -2.37. The molecule has 0 fully saturated rings. The van der Waals surface area contributed by atoms with Gasteiger partial charge in [0, 0.05) is 28.6 Å². The molecule has 0 bridgehead atoms. The fourth-order valence-electron chi connectivity index (χ4n) is 3.25. The van der Waals surface area contributed by atoms with Crippen LogP contribution in [0.4, 0.5) is 5.69 Å². The monoisotopic (exact) mass is 354 g/mol. The van der Waals surface area contributed by atoms with Gasteiger partial charge < -0.3 is 4.90 Å². The average molecular weight is 355 g/mol. The van der Waals surface area contributed by atoms with Gasteiger partial charge >= 0.3 is 0 Å². The third kappa shape index (κ3) is 2.89. The van der Waals surface area contributed by atoms with E-state index in [1.807, 2.05) is 10.3 Å². The molecule has 1 aromatic carbocycles. The molecule has 0 spiro atoms. The lowest BCUT2D eigenvalue weighted by atomic mass is 9.98. The molecule has 3 aromatic rings. The fraction of sp³-hybridized carbons (Fsp3) is 0.263. The van der Waals surface area contributed by atoms with E-state index in [-0.39, 0.29) is 5.91 Å². The molecule has 0 saturated carbocycles. The third-order valence-corrected chi connectivity index (χ3v) is 6.00. The van der Waals surface area contributed by atoms with E-state index in [2.05, 4.69) is 46.9 Å². The molecule has 4 rings (SSSR count). The Morgan fingerprint density at radius 3 is 3.04 bits per heavy atom. The molecule has 24 heavy (non-hydrogen) atoms. The molecule has 3 nitrogen and oxygen atoms in total. The van der Waals surface area contributed by atoms with Crippen LogP contribution in [0, 0.1) is 6.92 Å². The number of carbonyl (C=O) groups is 1. The minimum atomic E-state index is 0.146. The number of anilines is 1. The van der Waals surface area contributed by atoms with Crippen LogP contribution >= 0.6 is 22.7 Å². The summed E-state index contributed by atoms with van der Waals surface area (Å²) < 4.78 is 0. The highest BCUT2D eigenvalue weighted by molar-refractivity contribution is 7.14. The van der Waals surface area contributed by atoms with E-state index in [1.165, 1.54) is 11.1 Å². The Kier molecular flexibility index (Phi) is 4.21. The second-order valence-electron chi connectivity index (χ2n) is 6.06. The van der Waals surface area contributed by atoms with Gasteiger partial charge in [0.15, 0.2) is 0 Å². The lowest BCUT2D eigenvalue weighted by Gasteiger charge is -2.31. The van der Waals surface area contributed by atoms with Gasteiger partial charge in [0.25, 0.3) is 0 Å². The van der Waals surface area contributed by atoms with Crippen LogP contribution in [-0.2, 0) is 17.6 Å². The number of thiazole rings is 1. The highest BCUT2D eigenvalue weighted by Crippen LogP contribution is 2.31. The van der Waals surface area contributed by atoms with E-state index >= 15 is 0 Å². The zero-order valence-electron chi connectivity index (χ0n) is 13.5. The molecule has 0 aliphatic carbocycles. The molecule has 122 valence electrons. The summed E-state index contributed by atoms with van der Waals surface area (Å²) in [5.74, 6) is 0.146. The van der Waals surface area contributed by atoms with Crippen LogP contribution in [0.25, 0.3) is 10.6 Å². The fourth-order valence-corrected chi connectivity index (χ4v) is 4.79. The van der Waals surface area contributed by atoms with E-state index in [4.69, 9.17) is 0 Å². The Morgan fingerprint density at radius 1 is 1.29 bits per heavy atom. The molecule has 0 atom stereocenters. The van der Waals surface area contributed by atoms with Crippen molar-refractivity contribution >= 4 is 34.3 Å². The molecule has 5 heteroatoms. The molecular formula is C19H18N2OS2. The first-order valence-electron chi connectivity index (χ1n) is 8.08. The van der Waals surface area contributed by atoms with Crippen molar-refractivity contribution < 1.29 is 4.79 Å².